The highest BCUT2D eigenvalue weighted by molar-refractivity contribution is 5.43. The van der Waals surface area contributed by atoms with Gasteiger partial charge in [0.05, 0.1) is 12.4 Å². The van der Waals surface area contributed by atoms with Gasteiger partial charge in [0.2, 0.25) is 0 Å². The van der Waals surface area contributed by atoms with Gasteiger partial charge in [-0.1, -0.05) is 6.08 Å². The highest BCUT2D eigenvalue weighted by Crippen LogP contribution is 2.58. The van der Waals surface area contributed by atoms with Crippen LogP contribution >= 0.6 is 0 Å². The number of likely N-dealkylation sites (tertiary alicyclic amines) is 1. The fourth-order valence-corrected chi connectivity index (χ4v) is 7.59. The van der Waals surface area contributed by atoms with Crippen LogP contribution in [0.2, 0.25) is 0 Å². The molecule has 4 aliphatic rings. The summed E-state index contributed by atoms with van der Waals surface area (Å²) in [6, 6.07) is 6.87. The second kappa shape index (κ2) is 8.88. The minimum atomic E-state index is -0.677. The molecular formula is C26H36N10. The van der Waals surface area contributed by atoms with Crippen molar-refractivity contribution in [2.45, 2.75) is 42.8 Å². The van der Waals surface area contributed by atoms with Gasteiger partial charge in [-0.2, -0.15) is 5.10 Å². The zero-order valence-electron chi connectivity index (χ0n) is 20.7. The van der Waals surface area contributed by atoms with Crippen LogP contribution in [0.15, 0.2) is 55.3 Å². The van der Waals surface area contributed by atoms with Crippen LogP contribution in [0.1, 0.15) is 42.9 Å². The zero-order valence-corrected chi connectivity index (χ0v) is 20.7. The van der Waals surface area contributed by atoms with Gasteiger partial charge in [0.1, 0.15) is 11.4 Å². The molecule has 3 unspecified atom stereocenters. The maximum atomic E-state index is 5.05. The van der Waals surface area contributed by atoms with Crippen LogP contribution in [0.4, 0.5) is 0 Å². The van der Waals surface area contributed by atoms with Gasteiger partial charge in [0, 0.05) is 62.7 Å². The van der Waals surface area contributed by atoms with E-state index in [2.05, 4.69) is 82.0 Å². The monoisotopic (exact) mass is 488 g/mol. The third kappa shape index (κ3) is 2.98. The lowest BCUT2D eigenvalue weighted by Gasteiger charge is -2.65. The summed E-state index contributed by atoms with van der Waals surface area (Å²) < 4.78 is 0. The number of H-pyrrole nitrogens is 3. The van der Waals surface area contributed by atoms with Crippen molar-refractivity contribution >= 4 is 0 Å². The van der Waals surface area contributed by atoms with E-state index in [0.717, 1.165) is 70.3 Å². The summed E-state index contributed by atoms with van der Waals surface area (Å²) in [6.07, 6.45) is 17.1. The van der Waals surface area contributed by atoms with Crippen LogP contribution in [-0.4, -0.2) is 96.9 Å². The first-order chi connectivity index (χ1) is 17.9. The van der Waals surface area contributed by atoms with E-state index in [1.165, 1.54) is 18.5 Å². The van der Waals surface area contributed by atoms with Crippen molar-refractivity contribution in [3.63, 3.8) is 0 Å². The first-order valence-corrected chi connectivity index (χ1v) is 13.4. The molecule has 0 radical (unpaired) electrons. The first kappa shape index (κ1) is 22.3. The Morgan fingerprint density at radius 1 is 0.944 bits per heavy atom. The van der Waals surface area contributed by atoms with Crippen molar-refractivity contribution in [3.05, 3.63) is 72.5 Å². The fraction of sp³-hybridized carbons (Fsp3) is 0.538. The van der Waals surface area contributed by atoms with Gasteiger partial charge in [0.25, 0.3) is 0 Å². The zero-order chi connectivity index (χ0) is 24.0. The van der Waals surface area contributed by atoms with Crippen molar-refractivity contribution in [1.82, 2.24) is 50.3 Å². The van der Waals surface area contributed by atoms with E-state index in [1.807, 2.05) is 18.6 Å². The lowest BCUT2D eigenvalue weighted by Crippen LogP contribution is -2.78. The molecule has 7 heterocycles. The Balaban J connectivity index is 1.59. The Kier molecular flexibility index (Phi) is 5.50. The number of aromatic nitrogens is 5. The van der Waals surface area contributed by atoms with Crippen LogP contribution in [0.25, 0.3) is 0 Å². The Bertz CT molecular complexity index is 1110. The normalized spacial score (nSPS) is 32.2. The van der Waals surface area contributed by atoms with Gasteiger partial charge in [-0.15, -0.1) is 0 Å². The minimum absolute atomic E-state index is 0.279. The summed E-state index contributed by atoms with van der Waals surface area (Å²) in [6.45, 7) is 6.92. The third-order valence-electron chi connectivity index (χ3n) is 8.81. The number of nitrogens with zero attached hydrogens (tertiary/aromatic N) is 6. The Hall–Kier alpha value is -2.92. The summed E-state index contributed by atoms with van der Waals surface area (Å²) in [7, 11) is 0. The molecule has 3 aromatic heterocycles. The maximum Gasteiger partial charge on any atom is 0.165 e. The second-order valence-corrected chi connectivity index (χ2v) is 10.4. The van der Waals surface area contributed by atoms with E-state index >= 15 is 0 Å². The lowest BCUT2D eigenvalue weighted by atomic mass is 9.62. The van der Waals surface area contributed by atoms with Gasteiger partial charge in [-0.25, -0.2) is 15.0 Å². The second-order valence-electron chi connectivity index (χ2n) is 10.4. The maximum absolute atomic E-state index is 5.05. The number of imidazole rings is 1. The molecule has 190 valence electrons. The largest absolute Gasteiger partial charge is 0.363 e. The van der Waals surface area contributed by atoms with Crippen LogP contribution < -0.4 is 5.32 Å². The van der Waals surface area contributed by atoms with Crippen LogP contribution in [0.5, 0.6) is 0 Å². The standard InChI is InChI=1S/C26H36N10/c1-2-15-33(14-1)23-8-18-36(35-19-13-27-20-35)26(22-7-10-31-32-22,24-29-11-12-30-24)25(23,21-6-5-9-28-21)34-16-3-4-17-34/h3,5-7,9-12,16,23,27-28H,1-2,4,8,13-15,17-20H2,(H,29,30)(H,31,32). The summed E-state index contributed by atoms with van der Waals surface area (Å²) in [5, 5.41) is 16.6. The third-order valence-corrected chi connectivity index (χ3v) is 8.81. The minimum Gasteiger partial charge on any atom is -0.363 e. The molecule has 0 spiro atoms. The SMILES string of the molecule is C1=CN(C2(c3ccc[nH]3)C(N3CCCC3)CCN(N3CCNC3)C2(c2ccn[nH]2)c2ncc[nH]2)CC1. The molecule has 0 aliphatic carbocycles. The van der Waals surface area contributed by atoms with Crippen LogP contribution in [0, 0.1) is 0 Å². The summed E-state index contributed by atoms with van der Waals surface area (Å²) in [5.74, 6) is 0.942. The molecule has 36 heavy (non-hydrogen) atoms. The summed E-state index contributed by atoms with van der Waals surface area (Å²) in [4.78, 5) is 17.8. The van der Waals surface area contributed by atoms with Crippen LogP contribution in [-0.2, 0) is 11.1 Å². The number of hydrogen-bond acceptors (Lipinski definition) is 7. The topological polar surface area (TPSA) is 98.1 Å². The smallest absolute Gasteiger partial charge is 0.165 e. The predicted molar refractivity (Wildman–Crippen MR) is 136 cm³/mol. The molecule has 7 rings (SSSR count). The Morgan fingerprint density at radius 3 is 2.56 bits per heavy atom. The molecule has 0 aromatic carbocycles. The van der Waals surface area contributed by atoms with Crippen molar-refractivity contribution in [1.29, 1.82) is 0 Å². The predicted octanol–water partition coefficient (Wildman–Crippen LogP) is 1.77. The van der Waals surface area contributed by atoms with E-state index in [4.69, 9.17) is 4.98 Å². The van der Waals surface area contributed by atoms with Crippen molar-refractivity contribution in [2.75, 3.05) is 45.9 Å². The quantitative estimate of drug-likeness (QED) is 0.420. The van der Waals surface area contributed by atoms with Crippen LogP contribution in [0.3, 0.4) is 0 Å². The molecule has 3 saturated heterocycles. The molecular weight excluding hydrogens is 452 g/mol. The van der Waals surface area contributed by atoms with Crippen molar-refractivity contribution in [3.8, 4) is 0 Å². The number of piperidine rings is 1. The van der Waals surface area contributed by atoms with E-state index in [0.29, 0.717) is 0 Å². The number of nitrogens with one attached hydrogen (secondary N) is 4. The highest BCUT2D eigenvalue weighted by atomic mass is 15.7. The van der Waals surface area contributed by atoms with Crippen molar-refractivity contribution in [2.24, 2.45) is 0 Å². The summed E-state index contributed by atoms with van der Waals surface area (Å²) in [5.41, 5.74) is 1.11. The van der Waals surface area contributed by atoms with E-state index in [1.54, 1.807) is 0 Å². The van der Waals surface area contributed by atoms with E-state index in [9.17, 15) is 0 Å². The average molecular weight is 489 g/mol. The van der Waals surface area contributed by atoms with Gasteiger partial charge < -0.3 is 20.2 Å². The Labute approximate surface area is 211 Å². The fourth-order valence-electron chi connectivity index (χ4n) is 7.59. The Morgan fingerprint density at radius 2 is 1.89 bits per heavy atom. The first-order valence-electron chi connectivity index (χ1n) is 13.4. The van der Waals surface area contributed by atoms with E-state index < -0.39 is 11.1 Å². The number of aromatic amines is 3. The molecule has 3 fully saturated rings. The molecule has 10 heteroatoms. The lowest BCUT2D eigenvalue weighted by molar-refractivity contribution is -0.206. The molecule has 3 aromatic rings. The molecule has 3 atom stereocenters. The number of hydrazine groups is 1. The van der Waals surface area contributed by atoms with Crippen molar-refractivity contribution < 1.29 is 0 Å². The average Bonchev–Trinajstić information content (AvgIpc) is 3.79. The molecule has 0 bridgehead atoms. The van der Waals surface area contributed by atoms with Gasteiger partial charge in [0.15, 0.2) is 5.54 Å². The van der Waals surface area contributed by atoms with E-state index in [-0.39, 0.29) is 6.04 Å². The van der Waals surface area contributed by atoms with Gasteiger partial charge >= 0.3 is 0 Å². The van der Waals surface area contributed by atoms with Gasteiger partial charge in [-0.05, 0) is 63.2 Å². The number of hydrogen-bond donors (Lipinski definition) is 4. The molecule has 4 N–H and O–H groups in total. The summed E-state index contributed by atoms with van der Waals surface area (Å²) >= 11 is 0. The highest BCUT2D eigenvalue weighted by Gasteiger charge is 2.71. The van der Waals surface area contributed by atoms with Gasteiger partial charge in [-0.3, -0.25) is 10.00 Å². The molecule has 0 saturated carbocycles. The number of rotatable bonds is 6. The molecule has 4 aliphatic heterocycles. The molecule has 10 nitrogen and oxygen atoms in total. The molecule has 0 amide bonds.